The number of piperazine rings is 1. The highest BCUT2D eigenvalue weighted by molar-refractivity contribution is 5.81. The molecule has 23 heavy (non-hydrogen) atoms. The number of hydrogen-bond acceptors (Lipinski definition) is 3. The zero-order valence-electron chi connectivity index (χ0n) is 13.8. The molecule has 0 bridgehead atoms. The van der Waals surface area contributed by atoms with Crippen molar-refractivity contribution in [3.05, 3.63) is 30.1 Å². The fourth-order valence-corrected chi connectivity index (χ4v) is 3.58. The average molecular weight is 319 g/mol. The lowest BCUT2D eigenvalue weighted by Crippen LogP contribution is -2.54. The van der Waals surface area contributed by atoms with Crippen molar-refractivity contribution >= 4 is 11.6 Å². The summed E-state index contributed by atoms with van der Waals surface area (Å²) in [5.74, 6) is -0.0447. The van der Waals surface area contributed by atoms with Gasteiger partial charge >= 0.3 is 0 Å². The largest absolute Gasteiger partial charge is 0.369 e. The number of hydrogen-bond donors (Lipinski definition) is 1. The number of carbonyl (C=O) groups excluding carboxylic acids is 1. The number of rotatable bonds is 4. The predicted octanol–water partition coefficient (Wildman–Crippen LogP) is 2.39. The SMILES string of the molecule is C[C@H](C(=O)NC1CCCC1)N1CCN(c2ccc(F)cc2)CC1. The molecule has 2 fully saturated rings. The van der Waals surface area contributed by atoms with Gasteiger partial charge in [0.15, 0.2) is 0 Å². The molecule has 126 valence electrons. The summed E-state index contributed by atoms with van der Waals surface area (Å²) in [5.41, 5.74) is 1.05. The molecule has 0 radical (unpaired) electrons. The van der Waals surface area contributed by atoms with Crippen LogP contribution >= 0.6 is 0 Å². The van der Waals surface area contributed by atoms with E-state index in [2.05, 4.69) is 15.1 Å². The minimum Gasteiger partial charge on any atom is -0.369 e. The number of amides is 1. The van der Waals surface area contributed by atoms with E-state index in [-0.39, 0.29) is 17.8 Å². The Bertz CT molecular complexity index is 520. The van der Waals surface area contributed by atoms with Gasteiger partial charge in [-0.3, -0.25) is 9.69 Å². The summed E-state index contributed by atoms with van der Waals surface area (Å²) in [6, 6.07) is 6.94. The molecule has 2 aliphatic rings. The summed E-state index contributed by atoms with van der Waals surface area (Å²) in [6.45, 7) is 5.45. The van der Waals surface area contributed by atoms with E-state index < -0.39 is 0 Å². The molecule has 1 aromatic carbocycles. The smallest absolute Gasteiger partial charge is 0.237 e. The van der Waals surface area contributed by atoms with E-state index in [1.807, 2.05) is 19.1 Å². The number of nitrogens with zero attached hydrogens (tertiary/aromatic N) is 2. The number of benzene rings is 1. The molecule has 0 spiro atoms. The topological polar surface area (TPSA) is 35.6 Å². The number of anilines is 1. The van der Waals surface area contributed by atoms with Crippen LogP contribution in [-0.4, -0.2) is 49.1 Å². The average Bonchev–Trinajstić information content (AvgIpc) is 3.08. The van der Waals surface area contributed by atoms with Gasteiger partial charge in [-0.25, -0.2) is 4.39 Å². The Hall–Kier alpha value is -1.62. The predicted molar refractivity (Wildman–Crippen MR) is 90.0 cm³/mol. The molecule has 0 aromatic heterocycles. The Morgan fingerprint density at radius 1 is 1.13 bits per heavy atom. The third-order valence-electron chi connectivity index (χ3n) is 5.13. The van der Waals surface area contributed by atoms with E-state index in [9.17, 15) is 9.18 Å². The molecule has 4 nitrogen and oxygen atoms in total. The Morgan fingerprint density at radius 2 is 1.74 bits per heavy atom. The second-order valence-electron chi connectivity index (χ2n) is 6.67. The maximum absolute atomic E-state index is 13.0. The lowest BCUT2D eigenvalue weighted by atomic mass is 10.1. The van der Waals surface area contributed by atoms with E-state index in [1.165, 1.54) is 25.0 Å². The normalized spacial score (nSPS) is 21.4. The number of halogens is 1. The second kappa shape index (κ2) is 7.30. The molecule has 1 heterocycles. The van der Waals surface area contributed by atoms with Crippen molar-refractivity contribution < 1.29 is 9.18 Å². The molecule has 1 N–H and O–H groups in total. The van der Waals surface area contributed by atoms with Gasteiger partial charge in [0.05, 0.1) is 6.04 Å². The van der Waals surface area contributed by atoms with Gasteiger partial charge < -0.3 is 10.2 Å². The monoisotopic (exact) mass is 319 g/mol. The van der Waals surface area contributed by atoms with Gasteiger partial charge in [-0.15, -0.1) is 0 Å². The van der Waals surface area contributed by atoms with Crippen molar-refractivity contribution in [3.8, 4) is 0 Å². The van der Waals surface area contributed by atoms with Gasteiger partial charge in [-0.05, 0) is 44.0 Å². The lowest BCUT2D eigenvalue weighted by Gasteiger charge is -2.38. The van der Waals surface area contributed by atoms with Crippen LogP contribution in [0.3, 0.4) is 0 Å². The highest BCUT2D eigenvalue weighted by atomic mass is 19.1. The quantitative estimate of drug-likeness (QED) is 0.926. The van der Waals surface area contributed by atoms with Crippen LogP contribution in [0, 0.1) is 5.82 Å². The molecule has 1 saturated carbocycles. The van der Waals surface area contributed by atoms with Gasteiger partial charge in [0.1, 0.15) is 5.82 Å². The van der Waals surface area contributed by atoms with E-state index in [4.69, 9.17) is 0 Å². The van der Waals surface area contributed by atoms with Crippen molar-refractivity contribution in [3.63, 3.8) is 0 Å². The van der Waals surface area contributed by atoms with Gasteiger partial charge in [0, 0.05) is 37.9 Å². The first kappa shape index (κ1) is 16.2. The van der Waals surface area contributed by atoms with Gasteiger partial charge in [-0.2, -0.15) is 0 Å². The summed E-state index contributed by atoms with van der Waals surface area (Å²) in [7, 11) is 0. The first-order chi connectivity index (χ1) is 11.1. The number of carbonyl (C=O) groups is 1. The first-order valence-electron chi connectivity index (χ1n) is 8.68. The van der Waals surface area contributed by atoms with Gasteiger partial charge in [-0.1, -0.05) is 12.8 Å². The summed E-state index contributed by atoms with van der Waals surface area (Å²) in [4.78, 5) is 16.9. The Labute approximate surface area is 137 Å². The molecule has 1 atom stereocenters. The summed E-state index contributed by atoms with van der Waals surface area (Å²) in [5, 5.41) is 3.19. The standard InChI is InChI=1S/C18H26FN3O/c1-14(18(23)20-16-4-2-3-5-16)21-10-12-22(13-11-21)17-8-6-15(19)7-9-17/h6-9,14,16H,2-5,10-13H2,1H3,(H,20,23)/t14-/m1/s1. The molecule has 1 amide bonds. The Balaban J connectivity index is 1.49. The second-order valence-corrected chi connectivity index (χ2v) is 6.67. The maximum Gasteiger partial charge on any atom is 0.237 e. The van der Waals surface area contributed by atoms with Crippen LogP contribution in [0.1, 0.15) is 32.6 Å². The summed E-state index contributed by atoms with van der Waals surface area (Å²) < 4.78 is 13.0. The van der Waals surface area contributed by atoms with Crippen LogP contribution in [0.4, 0.5) is 10.1 Å². The third-order valence-corrected chi connectivity index (χ3v) is 5.13. The van der Waals surface area contributed by atoms with Crippen LogP contribution < -0.4 is 10.2 Å². The molecule has 1 aliphatic carbocycles. The van der Waals surface area contributed by atoms with Crippen molar-refractivity contribution in [2.75, 3.05) is 31.1 Å². The summed E-state index contributed by atoms with van der Waals surface area (Å²) >= 11 is 0. The third kappa shape index (κ3) is 4.02. The molecule has 5 heteroatoms. The van der Waals surface area contributed by atoms with Crippen molar-refractivity contribution in [2.24, 2.45) is 0 Å². The van der Waals surface area contributed by atoms with Crippen LogP contribution in [0.2, 0.25) is 0 Å². The minimum absolute atomic E-state index is 0.0778. The molecular formula is C18H26FN3O. The van der Waals surface area contributed by atoms with Crippen LogP contribution in [0.15, 0.2) is 24.3 Å². The summed E-state index contributed by atoms with van der Waals surface area (Å²) in [6.07, 6.45) is 4.71. The first-order valence-corrected chi connectivity index (χ1v) is 8.68. The van der Waals surface area contributed by atoms with E-state index in [0.717, 1.165) is 44.7 Å². The molecular weight excluding hydrogens is 293 g/mol. The maximum atomic E-state index is 13.0. The van der Waals surface area contributed by atoms with Crippen LogP contribution in [0.5, 0.6) is 0 Å². The van der Waals surface area contributed by atoms with Crippen LogP contribution in [0.25, 0.3) is 0 Å². The highest BCUT2D eigenvalue weighted by Crippen LogP contribution is 2.19. The zero-order valence-corrected chi connectivity index (χ0v) is 13.8. The lowest BCUT2D eigenvalue weighted by molar-refractivity contribution is -0.126. The highest BCUT2D eigenvalue weighted by Gasteiger charge is 2.27. The number of nitrogens with one attached hydrogen (secondary N) is 1. The van der Waals surface area contributed by atoms with Gasteiger partial charge in [0.25, 0.3) is 0 Å². The molecule has 1 aliphatic heterocycles. The minimum atomic E-state index is -0.204. The van der Waals surface area contributed by atoms with Crippen molar-refractivity contribution in [1.29, 1.82) is 0 Å². The fourth-order valence-electron chi connectivity index (χ4n) is 3.58. The Kier molecular flexibility index (Phi) is 5.16. The van der Waals surface area contributed by atoms with E-state index in [1.54, 1.807) is 0 Å². The zero-order chi connectivity index (χ0) is 16.2. The van der Waals surface area contributed by atoms with E-state index >= 15 is 0 Å². The Morgan fingerprint density at radius 3 is 2.35 bits per heavy atom. The molecule has 0 unspecified atom stereocenters. The van der Waals surface area contributed by atoms with E-state index in [0.29, 0.717) is 6.04 Å². The van der Waals surface area contributed by atoms with Crippen molar-refractivity contribution in [1.82, 2.24) is 10.2 Å². The van der Waals surface area contributed by atoms with Crippen LogP contribution in [-0.2, 0) is 4.79 Å². The fraction of sp³-hybridized carbons (Fsp3) is 0.611. The molecule has 1 saturated heterocycles. The molecule has 1 aromatic rings. The molecule has 3 rings (SSSR count). The van der Waals surface area contributed by atoms with Gasteiger partial charge in [0.2, 0.25) is 5.91 Å². The van der Waals surface area contributed by atoms with Crippen molar-refractivity contribution in [2.45, 2.75) is 44.7 Å².